The van der Waals surface area contributed by atoms with Gasteiger partial charge in [0, 0.05) is 28.9 Å². The van der Waals surface area contributed by atoms with E-state index in [1.54, 1.807) is 31.4 Å². The second-order valence-corrected chi connectivity index (χ2v) is 7.98. The highest BCUT2D eigenvalue weighted by atomic mass is 35.5. The van der Waals surface area contributed by atoms with E-state index in [0.717, 1.165) is 17.5 Å². The van der Waals surface area contributed by atoms with E-state index in [2.05, 4.69) is 4.98 Å². The zero-order valence-corrected chi connectivity index (χ0v) is 16.8. The van der Waals surface area contributed by atoms with Crippen LogP contribution >= 0.6 is 23.2 Å². The summed E-state index contributed by atoms with van der Waals surface area (Å²) in [4.78, 5) is 29.2. The SMILES string of the molecule is Cn1c(=O)n(CC(=O)OCCC2CC2)c2ncc(-c3cc(Cl)cc(Cl)c3)cc21. The minimum atomic E-state index is -0.428. The fourth-order valence-electron chi connectivity index (χ4n) is 3.22. The Kier molecular flexibility index (Phi) is 5.17. The van der Waals surface area contributed by atoms with Crippen molar-refractivity contribution in [3.8, 4) is 11.1 Å². The van der Waals surface area contributed by atoms with E-state index in [9.17, 15) is 9.59 Å². The van der Waals surface area contributed by atoms with Gasteiger partial charge >= 0.3 is 11.7 Å². The Balaban J connectivity index is 1.62. The van der Waals surface area contributed by atoms with Crippen LogP contribution in [0.15, 0.2) is 35.3 Å². The highest BCUT2D eigenvalue weighted by molar-refractivity contribution is 6.35. The smallest absolute Gasteiger partial charge is 0.330 e. The summed E-state index contributed by atoms with van der Waals surface area (Å²) >= 11 is 12.2. The van der Waals surface area contributed by atoms with Gasteiger partial charge in [-0.2, -0.15) is 0 Å². The van der Waals surface area contributed by atoms with Crippen LogP contribution in [0.1, 0.15) is 19.3 Å². The molecule has 0 bridgehead atoms. The molecular formula is C20H19Cl2N3O3. The van der Waals surface area contributed by atoms with Gasteiger partial charge in [-0.1, -0.05) is 36.0 Å². The van der Waals surface area contributed by atoms with Crippen molar-refractivity contribution in [1.29, 1.82) is 0 Å². The van der Waals surface area contributed by atoms with Gasteiger partial charge in [0.2, 0.25) is 0 Å². The molecule has 1 aromatic carbocycles. The van der Waals surface area contributed by atoms with Crippen LogP contribution in [-0.4, -0.2) is 26.7 Å². The first-order chi connectivity index (χ1) is 13.4. The van der Waals surface area contributed by atoms with Gasteiger partial charge in [-0.05, 0) is 42.2 Å². The Bertz CT molecular complexity index is 1100. The maximum Gasteiger partial charge on any atom is 0.330 e. The molecular weight excluding hydrogens is 401 g/mol. The molecule has 8 heteroatoms. The van der Waals surface area contributed by atoms with Gasteiger partial charge < -0.3 is 4.74 Å². The summed E-state index contributed by atoms with van der Waals surface area (Å²) in [6.45, 7) is 0.242. The average Bonchev–Trinajstić information content (AvgIpc) is 3.44. The second kappa shape index (κ2) is 7.60. The van der Waals surface area contributed by atoms with Crippen molar-refractivity contribution < 1.29 is 9.53 Å². The quantitative estimate of drug-likeness (QED) is 0.565. The molecule has 0 atom stereocenters. The predicted octanol–water partition coefficient (Wildman–Crippen LogP) is 4.05. The van der Waals surface area contributed by atoms with E-state index in [1.807, 2.05) is 6.07 Å². The van der Waals surface area contributed by atoms with E-state index >= 15 is 0 Å². The minimum Gasteiger partial charge on any atom is -0.464 e. The van der Waals surface area contributed by atoms with Gasteiger partial charge in [-0.3, -0.25) is 13.9 Å². The maximum atomic E-state index is 12.6. The Morgan fingerprint density at radius 2 is 1.89 bits per heavy atom. The first-order valence-corrected chi connectivity index (χ1v) is 9.85. The van der Waals surface area contributed by atoms with Crippen molar-refractivity contribution in [3.63, 3.8) is 0 Å². The summed E-state index contributed by atoms with van der Waals surface area (Å²) in [7, 11) is 1.65. The third-order valence-corrected chi connectivity index (χ3v) is 5.39. The molecule has 0 saturated heterocycles. The van der Waals surface area contributed by atoms with Crippen molar-refractivity contribution >= 4 is 40.3 Å². The van der Waals surface area contributed by atoms with Crippen LogP contribution in [0.4, 0.5) is 0 Å². The van der Waals surface area contributed by atoms with Crippen molar-refractivity contribution in [3.05, 3.63) is 51.0 Å². The molecule has 1 fully saturated rings. The molecule has 0 N–H and O–H groups in total. The van der Waals surface area contributed by atoms with Gasteiger partial charge in [0.1, 0.15) is 6.54 Å². The molecule has 0 aliphatic heterocycles. The monoisotopic (exact) mass is 419 g/mol. The van der Waals surface area contributed by atoms with Gasteiger partial charge in [0.25, 0.3) is 0 Å². The van der Waals surface area contributed by atoms with E-state index < -0.39 is 5.97 Å². The number of hydrogen-bond donors (Lipinski definition) is 0. The lowest BCUT2D eigenvalue weighted by molar-refractivity contribution is -0.144. The summed E-state index contributed by atoms with van der Waals surface area (Å²) in [6.07, 6.45) is 4.95. The number of benzene rings is 1. The molecule has 1 aliphatic rings. The number of fused-ring (bicyclic) bond motifs is 1. The number of nitrogens with zero attached hydrogens (tertiary/aromatic N) is 3. The summed E-state index contributed by atoms with van der Waals surface area (Å²) < 4.78 is 8.07. The van der Waals surface area contributed by atoms with E-state index in [-0.39, 0.29) is 12.2 Å². The molecule has 6 nitrogen and oxygen atoms in total. The molecule has 0 spiro atoms. The number of aryl methyl sites for hydroxylation is 1. The zero-order valence-electron chi connectivity index (χ0n) is 15.3. The highest BCUT2D eigenvalue weighted by Gasteiger charge is 2.22. The number of halogens is 2. The predicted molar refractivity (Wildman–Crippen MR) is 109 cm³/mol. The van der Waals surface area contributed by atoms with E-state index in [0.29, 0.717) is 33.7 Å². The maximum absolute atomic E-state index is 12.6. The van der Waals surface area contributed by atoms with Crippen LogP contribution in [0, 0.1) is 5.92 Å². The fraction of sp³-hybridized carbons (Fsp3) is 0.350. The van der Waals surface area contributed by atoms with Gasteiger partial charge in [0.15, 0.2) is 5.65 Å². The van der Waals surface area contributed by atoms with Gasteiger partial charge in [-0.25, -0.2) is 9.78 Å². The lowest BCUT2D eigenvalue weighted by atomic mass is 10.1. The number of carbonyl (C=O) groups is 1. The first-order valence-electron chi connectivity index (χ1n) is 9.10. The van der Waals surface area contributed by atoms with Crippen LogP contribution in [0.25, 0.3) is 22.3 Å². The molecule has 4 rings (SSSR count). The first kappa shape index (κ1) is 19.0. The van der Waals surface area contributed by atoms with Crippen LogP contribution in [-0.2, 0) is 23.1 Å². The fourth-order valence-corrected chi connectivity index (χ4v) is 3.74. The minimum absolute atomic E-state index is 0.157. The van der Waals surface area contributed by atoms with Crippen LogP contribution in [0.5, 0.6) is 0 Å². The molecule has 0 amide bonds. The van der Waals surface area contributed by atoms with Crippen LogP contribution in [0.2, 0.25) is 10.0 Å². The van der Waals surface area contributed by atoms with Crippen LogP contribution < -0.4 is 5.69 Å². The zero-order chi connectivity index (χ0) is 19.8. The summed E-state index contributed by atoms with van der Waals surface area (Å²) in [5, 5.41) is 1.03. The second-order valence-electron chi connectivity index (χ2n) is 7.11. The average molecular weight is 420 g/mol. The molecule has 3 aromatic rings. The third-order valence-electron chi connectivity index (χ3n) is 4.95. The molecule has 2 aromatic heterocycles. The number of aromatic nitrogens is 3. The summed E-state index contributed by atoms with van der Waals surface area (Å²) in [6, 6.07) is 7.05. The van der Waals surface area contributed by atoms with Crippen molar-refractivity contribution in [2.45, 2.75) is 25.8 Å². The molecule has 1 saturated carbocycles. The third kappa shape index (κ3) is 3.93. The van der Waals surface area contributed by atoms with E-state index in [1.165, 1.54) is 22.0 Å². The number of imidazole rings is 1. The number of esters is 1. The summed E-state index contributed by atoms with van der Waals surface area (Å²) in [5.74, 6) is 0.260. The van der Waals surface area contributed by atoms with Crippen LogP contribution in [0.3, 0.4) is 0 Å². The number of carbonyl (C=O) groups excluding carboxylic acids is 1. The topological polar surface area (TPSA) is 66.1 Å². The van der Waals surface area contributed by atoms with E-state index in [4.69, 9.17) is 27.9 Å². The number of ether oxygens (including phenoxy) is 1. The Labute approximate surface area is 171 Å². The number of hydrogen-bond acceptors (Lipinski definition) is 4. The summed E-state index contributed by atoms with van der Waals surface area (Å²) in [5.41, 5.74) is 2.30. The lowest BCUT2D eigenvalue weighted by Gasteiger charge is -2.06. The molecule has 146 valence electrons. The number of rotatable bonds is 6. The van der Waals surface area contributed by atoms with Gasteiger partial charge in [0.05, 0.1) is 12.1 Å². The van der Waals surface area contributed by atoms with Crippen molar-refractivity contribution in [2.24, 2.45) is 13.0 Å². The molecule has 0 unspecified atom stereocenters. The highest BCUT2D eigenvalue weighted by Crippen LogP contribution is 2.32. The van der Waals surface area contributed by atoms with Crippen molar-refractivity contribution in [2.75, 3.05) is 6.61 Å². The Hall–Kier alpha value is -2.31. The largest absolute Gasteiger partial charge is 0.464 e. The molecule has 2 heterocycles. The lowest BCUT2D eigenvalue weighted by Crippen LogP contribution is -2.26. The van der Waals surface area contributed by atoms with Gasteiger partial charge in [-0.15, -0.1) is 0 Å². The number of pyridine rings is 1. The molecule has 1 aliphatic carbocycles. The van der Waals surface area contributed by atoms with Crippen molar-refractivity contribution in [1.82, 2.24) is 14.1 Å². The Morgan fingerprint density at radius 3 is 2.57 bits per heavy atom. The molecule has 0 radical (unpaired) electrons. The normalized spacial score (nSPS) is 13.8. The Morgan fingerprint density at radius 1 is 1.18 bits per heavy atom. The standard InChI is InChI=1S/C20H19Cl2N3O3/c1-24-17-8-14(13-6-15(21)9-16(22)7-13)10-23-19(17)25(20(24)27)11-18(26)28-5-4-12-2-3-12/h6-10,12H,2-5,11H2,1H3. The molecule has 28 heavy (non-hydrogen) atoms.